The molecule has 0 amide bonds. The van der Waals surface area contributed by atoms with E-state index in [1.54, 1.807) is 19.1 Å². The van der Waals surface area contributed by atoms with Gasteiger partial charge in [0.2, 0.25) is 0 Å². The van der Waals surface area contributed by atoms with Gasteiger partial charge in [0.15, 0.2) is 0 Å². The summed E-state index contributed by atoms with van der Waals surface area (Å²) < 4.78 is 13.4. The number of hydrogen-bond acceptors (Lipinski definition) is 4. The maximum atomic E-state index is 13.4. The Morgan fingerprint density at radius 2 is 1.76 bits per heavy atom. The van der Waals surface area contributed by atoms with Gasteiger partial charge in [-0.15, -0.1) is 0 Å². The van der Waals surface area contributed by atoms with Crippen LogP contribution in [0.2, 0.25) is 10.0 Å². The van der Waals surface area contributed by atoms with E-state index in [0.717, 1.165) is 23.4 Å². The number of nitrogens with zero attached hydrogens (tertiary/aromatic N) is 2. The molecule has 1 fully saturated rings. The summed E-state index contributed by atoms with van der Waals surface area (Å²) in [4.78, 5) is 4.50. The number of aliphatic hydroxyl groups is 1. The third-order valence-electron chi connectivity index (χ3n) is 6.34. The van der Waals surface area contributed by atoms with Crippen LogP contribution in [0.3, 0.4) is 0 Å². The number of halogens is 3. The van der Waals surface area contributed by atoms with Crippen LogP contribution in [-0.2, 0) is 5.60 Å². The molecule has 3 aromatic rings. The van der Waals surface area contributed by atoms with Gasteiger partial charge in [0.1, 0.15) is 5.82 Å². The quantitative estimate of drug-likeness (QED) is 0.447. The molecule has 1 saturated heterocycles. The third kappa shape index (κ3) is 5.39. The summed E-state index contributed by atoms with van der Waals surface area (Å²) in [5.41, 5.74) is 8.68. The van der Waals surface area contributed by atoms with Gasteiger partial charge in [-0.2, -0.15) is 0 Å². The van der Waals surface area contributed by atoms with E-state index in [9.17, 15) is 9.50 Å². The molecule has 0 unspecified atom stereocenters. The highest BCUT2D eigenvalue weighted by Gasteiger charge is 2.34. The molecular formula is C27H28Cl2FN3O. The summed E-state index contributed by atoms with van der Waals surface area (Å²) in [7, 11) is 0. The zero-order valence-corrected chi connectivity index (χ0v) is 20.5. The van der Waals surface area contributed by atoms with Gasteiger partial charge in [0, 0.05) is 36.9 Å². The summed E-state index contributed by atoms with van der Waals surface area (Å²) in [6.45, 7) is 8.07. The lowest BCUT2D eigenvalue weighted by atomic mass is 9.93. The first-order valence-corrected chi connectivity index (χ1v) is 11.9. The van der Waals surface area contributed by atoms with Crippen LogP contribution in [0.4, 0.5) is 10.1 Å². The van der Waals surface area contributed by atoms with Gasteiger partial charge < -0.3 is 15.7 Å². The second-order valence-corrected chi connectivity index (χ2v) is 9.81. The summed E-state index contributed by atoms with van der Waals surface area (Å²) in [6.07, 6.45) is 0. The van der Waals surface area contributed by atoms with Crippen molar-refractivity contribution in [1.29, 1.82) is 0 Å². The summed E-state index contributed by atoms with van der Waals surface area (Å²) in [5.74, 6) is -0.322. The molecule has 0 saturated carbocycles. The number of piperazine rings is 1. The summed E-state index contributed by atoms with van der Waals surface area (Å²) in [6, 6.07) is 19.5. The van der Waals surface area contributed by atoms with Crippen molar-refractivity contribution in [2.24, 2.45) is 5.73 Å². The molecule has 1 heterocycles. The topological polar surface area (TPSA) is 52.7 Å². The van der Waals surface area contributed by atoms with E-state index < -0.39 is 5.60 Å². The molecule has 1 aliphatic heterocycles. The van der Waals surface area contributed by atoms with Crippen LogP contribution in [0.5, 0.6) is 0 Å². The Kier molecular flexibility index (Phi) is 7.20. The van der Waals surface area contributed by atoms with Crippen LogP contribution in [-0.4, -0.2) is 36.2 Å². The molecule has 2 atom stereocenters. The standard InChI is InChI=1S/C27H28Cl2FN3O/c1-18(31)20-5-12-25(24(29)15-20)33-14-13-32(16-26(33)19-3-8-22(28)9-4-19)17-27(2,34)21-6-10-23(30)11-7-21/h3-12,15,26,34H,1,13-14,16-17,31H2,2H3/t26-,27+/m0/s1. The molecule has 7 heteroatoms. The van der Waals surface area contributed by atoms with E-state index in [-0.39, 0.29) is 11.9 Å². The zero-order chi connectivity index (χ0) is 24.5. The first kappa shape index (κ1) is 24.6. The maximum absolute atomic E-state index is 13.4. The second kappa shape index (κ2) is 9.96. The maximum Gasteiger partial charge on any atom is 0.123 e. The van der Waals surface area contributed by atoms with Gasteiger partial charge in [-0.3, -0.25) is 4.90 Å². The summed E-state index contributed by atoms with van der Waals surface area (Å²) in [5, 5.41) is 12.5. The number of benzene rings is 3. The van der Waals surface area contributed by atoms with Crippen molar-refractivity contribution in [3.8, 4) is 0 Å². The van der Waals surface area contributed by atoms with Crippen molar-refractivity contribution in [3.05, 3.63) is 106 Å². The van der Waals surface area contributed by atoms with Crippen LogP contribution < -0.4 is 10.6 Å². The van der Waals surface area contributed by atoms with Crippen molar-refractivity contribution in [2.45, 2.75) is 18.6 Å². The Balaban J connectivity index is 1.62. The lowest BCUT2D eigenvalue weighted by Crippen LogP contribution is -2.52. The van der Waals surface area contributed by atoms with E-state index in [1.807, 2.05) is 42.5 Å². The SMILES string of the molecule is C=C(N)c1ccc(N2CCN(C[C@@](C)(O)c3ccc(F)cc3)C[C@H]2c2ccc(Cl)cc2)c(Cl)c1. The van der Waals surface area contributed by atoms with Gasteiger partial charge >= 0.3 is 0 Å². The molecule has 3 aromatic carbocycles. The van der Waals surface area contributed by atoms with Crippen LogP contribution in [0.25, 0.3) is 5.70 Å². The molecule has 4 nitrogen and oxygen atoms in total. The van der Waals surface area contributed by atoms with E-state index >= 15 is 0 Å². The lowest BCUT2D eigenvalue weighted by Gasteiger charge is -2.45. The Hall–Kier alpha value is -2.57. The molecule has 1 aliphatic rings. The first-order chi connectivity index (χ1) is 16.1. The van der Waals surface area contributed by atoms with Crippen LogP contribution >= 0.6 is 23.2 Å². The minimum atomic E-state index is -1.12. The number of nitrogens with two attached hydrogens (primary N) is 1. The van der Waals surface area contributed by atoms with Crippen molar-refractivity contribution in [3.63, 3.8) is 0 Å². The first-order valence-electron chi connectivity index (χ1n) is 11.1. The molecule has 0 bridgehead atoms. The van der Waals surface area contributed by atoms with Gasteiger partial charge in [-0.25, -0.2) is 4.39 Å². The number of rotatable bonds is 6. The minimum Gasteiger partial charge on any atom is -0.399 e. The zero-order valence-electron chi connectivity index (χ0n) is 19.0. The van der Waals surface area contributed by atoms with Gasteiger partial charge in [0.05, 0.1) is 22.4 Å². The fourth-order valence-corrected chi connectivity index (χ4v) is 4.93. The number of β-amino-alcohol motifs (C(OH)–C–C–N with tert-alkyl or cyclic N) is 1. The molecule has 0 aliphatic carbocycles. The van der Waals surface area contributed by atoms with Crippen LogP contribution in [0, 0.1) is 5.82 Å². The molecule has 3 N–H and O–H groups in total. The van der Waals surface area contributed by atoms with Crippen molar-refractivity contribution >= 4 is 34.6 Å². The predicted molar refractivity (Wildman–Crippen MR) is 139 cm³/mol. The normalized spacial score (nSPS) is 18.5. The third-order valence-corrected chi connectivity index (χ3v) is 6.90. The van der Waals surface area contributed by atoms with E-state index in [0.29, 0.717) is 40.9 Å². The molecule has 34 heavy (non-hydrogen) atoms. The second-order valence-electron chi connectivity index (χ2n) is 8.97. The van der Waals surface area contributed by atoms with Crippen molar-refractivity contribution in [1.82, 2.24) is 4.90 Å². The van der Waals surface area contributed by atoms with Gasteiger partial charge in [-0.05, 0) is 60.0 Å². The predicted octanol–water partition coefficient (Wildman–Crippen LogP) is 5.83. The minimum absolute atomic E-state index is 0.0144. The van der Waals surface area contributed by atoms with E-state index in [2.05, 4.69) is 16.4 Å². The summed E-state index contributed by atoms with van der Waals surface area (Å²) >= 11 is 12.8. The molecule has 178 valence electrons. The molecule has 0 radical (unpaired) electrons. The Morgan fingerprint density at radius 1 is 1.09 bits per heavy atom. The molecule has 0 aromatic heterocycles. The number of hydrogen-bond donors (Lipinski definition) is 2. The van der Waals surface area contributed by atoms with Gasteiger partial charge in [0.25, 0.3) is 0 Å². The molecule has 4 rings (SSSR count). The van der Waals surface area contributed by atoms with Crippen molar-refractivity contribution < 1.29 is 9.50 Å². The monoisotopic (exact) mass is 499 g/mol. The Morgan fingerprint density at radius 3 is 2.38 bits per heavy atom. The van der Waals surface area contributed by atoms with E-state index in [1.165, 1.54) is 12.1 Å². The average molecular weight is 500 g/mol. The highest BCUT2D eigenvalue weighted by atomic mass is 35.5. The Bertz CT molecular complexity index is 1170. The fraction of sp³-hybridized carbons (Fsp3) is 0.259. The highest BCUT2D eigenvalue weighted by Crippen LogP contribution is 2.37. The fourth-order valence-electron chi connectivity index (χ4n) is 4.52. The van der Waals surface area contributed by atoms with Crippen LogP contribution in [0.1, 0.15) is 29.7 Å². The highest BCUT2D eigenvalue weighted by molar-refractivity contribution is 6.33. The van der Waals surface area contributed by atoms with Crippen molar-refractivity contribution in [2.75, 3.05) is 31.1 Å². The smallest absolute Gasteiger partial charge is 0.123 e. The largest absolute Gasteiger partial charge is 0.399 e. The van der Waals surface area contributed by atoms with E-state index in [4.69, 9.17) is 28.9 Å². The van der Waals surface area contributed by atoms with Gasteiger partial charge in [-0.1, -0.05) is 60.1 Å². The van der Waals surface area contributed by atoms with Crippen LogP contribution in [0.15, 0.2) is 73.3 Å². The Labute approximate surface area is 210 Å². The lowest BCUT2D eigenvalue weighted by molar-refractivity contribution is 0.0102. The number of anilines is 1. The molecule has 0 spiro atoms. The molecular weight excluding hydrogens is 472 g/mol. The average Bonchev–Trinajstić information content (AvgIpc) is 2.80.